The van der Waals surface area contributed by atoms with Crippen molar-refractivity contribution in [1.82, 2.24) is 9.78 Å². The molecule has 0 aliphatic heterocycles. The van der Waals surface area contributed by atoms with E-state index in [2.05, 4.69) is 5.10 Å². The maximum Gasteiger partial charge on any atom is 0.294 e. The summed E-state index contributed by atoms with van der Waals surface area (Å²) >= 11 is 0. The van der Waals surface area contributed by atoms with Crippen LogP contribution in [0, 0.1) is 18.8 Å². The van der Waals surface area contributed by atoms with E-state index in [0.29, 0.717) is 24.9 Å². The summed E-state index contributed by atoms with van der Waals surface area (Å²) in [4.78, 5) is 0. The lowest BCUT2D eigenvalue weighted by Gasteiger charge is -2.34. The second-order valence-corrected chi connectivity index (χ2v) is 5.91. The van der Waals surface area contributed by atoms with Gasteiger partial charge in [0.05, 0.1) is 0 Å². The molecule has 0 atom stereocenters. The normalized spacial score (nSPS) is 23.4. The van der Waals surface area contributed by atoms with Crippen LogP contribution in [-0.2, 0) is 12.5 Å². The van der Waals surface area contributed by atoms with Crippen LogP contribution in [-0.4, -0.2) is 15.7 Å². The zero-order valence-corrected chi connectivity index (χ0v) is 10.7. The molecule has 106 valence electrons. The van der Waals surface area contributed by atoms with Gasteiger partial charge >= 0.3 is 0 Å². The molecule has 0 N–H and O–H groups in total. The Bertz CT molecular complexity index is 483. The summed E-state index contributed by atoms with van der Waals surface area (Å²) in [5, 5.41) is 3.93. The Morgan fingerprint density at radius 1 is 1.37 bits per heavy atom. The topological polar surface area (TPSA) is 17.8 Å². The Balaban J connectivity index is 1.71. The van der Waals surface area contributed by atoms with Gasteiger partial charge in [-0.15, -0.1) is 0 Å². The second-order valence-electron chi connectivity index (χ2n) is 5.91. The lowest BCUT2D eigenvalue weighted by molar-refractivity contribution is -0.114. The highest BCUT2D eigenvalue weighted by Crippen LogP contribution is 2.50. The molecule has 1 aromatic heterocycles. The van der Waals surface area contributed by atoms with Crippen LogP contribution in [0.5, 0.6) is 0 Å². The van der Waals surface area contributed by atoms with Gasteiger partial charge in [0, 0.05) is 31.5 Å². The number of hydrogen-bond acceptors (Lipinski definition) is 1. The monoisotopic (exact) mass is 276 g/mol. The molecule has 19 heavy (non-hydrogen) atoms. The van der Waals surface area contributed by atoms with Crippen LogP contribution in [0.3, 0.4) is 0 Å². The maximum atomic E-state index is 14.0. The van der Waals surface area contributed by atoms with E-state index >= 15 is 0 Å². The first-order valence-electron chi connectivity index (χ1n) is 6.58. The van der Waals surface area contributed by atoms with Crippen LogP contribution < -0.4 is 0 Å². The fraction of sp³-hybridized carbons (Fsp3) is 0.769. The third-order valence-electron chi connectivity index (χ3n) is 3.97. The number of halogens is 4. The molecule has 0 radical (unpaired) electrons. The summed E-state index contributed by atoms with van der Waals surface area (Å²) in [6, 6.07) is 0. The van der Waals surface area contributed by atoms with E-state index in [9.17, 15) is 17.6 Å². The minimum absolute atomic E-state index is 0.156. The number of rotatable bonds is 4. The van der Waals surface area contributed by atoms with Crippen LogP contribution in [0.4, 0.5) is 17.6 Å². The third-order valence-corrected chi connectivity index (χ3v) is 3.97. The Morgan fingerprint density at radius 2 is 2.00 bits per heavy atom. The molecular weight excluding hydrogens is 260 g/mol. The van der Waals surface area contributed by atoms with Crippen molar-refractivity contribution >= 4 is 0 Å². The SMILES string of the molecule is Cc1cn(CC2CC(F)(F)C2)nc1C(F)(F)C1CC1. The Hall–Kier alpha value is -1.07. The van der Waals surface area contributed by atoms with Gasteiger partial charge in [0.25, 0.3) is 5.92 Å². The predicted octanol–water partition coefficient (Wildman–Crippen LogP) is 3.74. The van der Waals surface area contributed by atoms with E-state index in [1.165, 1.54) is 4.68 Å². The standard InChI is InChI=1S/C13H16F4N2/c1-8-6-19(7-9-4-12(14,15)5-9)18-11(8)13(16,17)10-2-3-10/h6,9-10H,2-5,7H2,1H3. The van der Waals surface area contributed by atoms with Gasteiger partial charge in [0.15, 0.2) is 0 Å². The summed E-state index contributed by atoms with van der Waals surface area (Å²) in [6.07, 6.45) is 2.28. The van der Waals surface area contributed by atoms with Crippen molar-refractivity contribution in [2.75, 3.05) is 0 Å². The lowest BCUT2D eigenvalue weighted by Crippen LogP contribution is -2.37. The average molecular weight is 276 g/mol. The molecule has 0 saturated heterocycles. The van der Waals surface area contributed by atoms with Crippen LogP contribution in [0.2, 0.25) is 0 Å². The number of nitrogens with zero attached hydrogens (tertiary/aromatic N) is 2. The predicted molar refractivity (Wildman–Crippen MR) is 61.3 cm³/mol. The fourth-order valence-corrected chi connectivity index (χ4v) is 2.76. The van der Waals surface area contributed by atoms with Gasteiger partial charge in [-0.2, -0.15) is 13.9 Å². The van der Waals surface area contributed by atoms with Gasteiger partial charge in [0.1, 0.15) is 5.69 Å². The molecular formula is C13H16F4N2. The van der Waals surface area contributed by atoms with E-state index in [0.717, 1.165) is 0 Å². The summed E-state index contributed by atoms with van der Waals surface area (Å²) in [5.41, 5.74) is 0.268. The molecule has 0 aromatic carbocycles. The van der Waals surface area contributed by atoms with Gasteiger partial charge in [0.2, 0.25) is 5.92 Å². The molecule has 2 saturated carbocycles. The maximum absolute atomic E-state index is 14.0. The highest BCUT2D eigenvalue weighted by Gasteiger charge is 2.51. The van der Waals surface area contributed by atoms with Crippen LogP contribution in [0.15, 0.2) is 6.20 Å². The van der Waals surface area contributed by atoms with Crippen molar-refractivity contribution in [2.45, 2.75) is 51.0 Å². The van der Waals surface area contributed by atoms with Crippen molar-refractivity contribution in [2.24, 2.45) is 11.8 Å². The van der Waals surface area contributed by atoms with Gasteiger partial charge < -0.3 is 0 Å². The zero-order valence-electron chi connectivity index (χ0n) is 10.7. The van der Waals surface area contributed by atoms with Crippen LogP contribution >= 0.6 is 0 Å². The molecule has 1 heterocycles. The van der Waals surface area contributed by atoms with E-state index in [4.69, 9.17) is 0 Å². The molecule has 3 rings (SSSR count). The number of hydrogen-bond donors (Lipinski definition) is 0. The molecule has 0 unspecified atom stereocenters. The van der Waals surface area contributed by atoms with Crippen LogP contribution in [0.1, 0.15) is 36.9 Å². The number of aromatic nitrogens is 2. The summed E-state index contributed by atoms with van der Waals surface area (Å²) in [7, 11) is 0. The first-order chi connectivity index (χ1) is 8.78. The molecule has 0 spiro atoms. The first-order valence-corrected chi connectivity index (χ1v) is 6.58. The van der Waals surface area contributed by atoms with E-state index in [1.54, 1.807) is 13.1 Å². The highest BCUT2D eigenvalue weighted by molar-refractivity contribution is 5.22. The zero-order chi connectivity index (χ0) is 13.8. The van der Waals surface area contributed by atoms with Crippen molar-refractivity contribution in [1.29, 1.82) is 0 Å². The minimum Gasteiger partial charge on any atom is -0.272 e. The van der Waals surface area contributed by atoms with Gasteiger partial charge in [-0.25, -0.2) is 8.78 Å². The van der Waals surface area contributed by atoms with E-state index < -0.39 is 17.8 Å². The van der Waals surface area contributed by atoms with Crippen LogP contribution in [0.25, 0.3) is 0 Å². The van der Waals surface area contributed by atoms with E-state index in [-0.39, 0.29) is 24.5 Å². The Labute approximate surface area is 108 Å². The van der Waals surface area contributed by atoms with Crippen molar-refractivity contribution in [3.63, 3.8) is 0 Å². The minimum atomic E-state index is -2.88. The van der Waals surface area contributed by atoms with Gasteiger partial charge in [-0.3, -0.25) is 4.68 Å². The summed E-state index contributed by atoms with van der Waals surface area (Å²) < 4.78 is 54.8. The quantitative estimate of drug-likeness (QED) is 0.766. The van der Waals surface area contributed by atoms with Gasteiger partial charge in [-0.1, -0.05) is 0 Å². The molecule has 2 nitrogen and oxygen atoms in total. The molecule has 1 aromatic rings. The van der Waals surface area contributed by atoms with Gasteiger partial charge in [-0.05, 0) is 31.2 Å². The first kappa shape index (κ1) is 12.9. The molecule has 2 aliphatic rings. The van der Waals surface area contributed by atoms with Crippen molar-refractivity contribution < 1.29 is 17.6 Å². The Kier molecular flexibility index (Phi) is 2.70. The smallest absolute Gasteiger partial charge is 0.272 e. The fourth-order valence-electron chi connectivity index (χ4n) is 2.76. The molecule has 2 aliphatic carbocycles. The molecule has 2 fully saturated rings. The molecule has 0 bridgehead atoms. The Morgan fingerprint density at radius 3 is 2.53 bits per heavy atom. The largest absolute Gasteiger partial charge is 0.294 e. The molecule has 0 amide bonds. The summed E-state index contributed by atoms with van der Waals surface area (Å²) in [6.45, 7) is 1.90. The molecule has 6 heteroatoms. The number of aryl methyl sites for hydroxylation is 1. The lowest BCUT2D eigenvalue weighted by atomic mass is 9.81. The third kappa shape index (κ3) is 2.37. The van der Waals surface area contributed by atoms with Crippen molar-refractivity contribution in [3.05, 3.63) is 17.5 Å². The average Bonchev–Trinajstić information content (AvgIpc) is 3.02. The number of alkyl halides is 4. The summed E-state index contributed by atoms with van der Waals surface area (Å²) in [5.74, 6) is -6.20. The van der Waals surface area contributed by atoms with Crippen molar-refractivity contribution in [3.8, 4) is 0 Å². The highest BCUT2D eigenvalue weighted by atomic mass is 19.3. The second kappa shape index (κ2) is 3.96. The van der Waals surface area contributed by atoms with E-state index in [1.807, 2.05) is 0 Å².